The van der Waals surface area contributed by atoms with Crippen LogP contribution in [0.1, 0.15) is 10.5 Å². The third-order valence-corrected chi connectivity index (χ3v) is 5.14. The van der Waals surface area contributed by atoms with Gasteiger partial charge in [-0.05, 0) is 36.4 Å². The highest BCUT2D eigenvalue weighted by Crippen LogP contribution is 2.16. The van der Waals surface area contributed by atoms with Crippen molar-refractivity contribution in [3.63, 3.8) is 0 Å². The maximum atomic E-state index is 13.2. The van der Waals surface area contributed by atoms with Gasteiger partial charge >= 0.3 is 5.69 Å². The minimum Gasteiger partial charge on any atom is -0.368 e. The summed E-state index contributed by atoms with van der Waals surface area (Å²) in [4.78, 5) is 41.8. The quantitative estimate of drug-likeness (QED) is 0.646. The first-order valence-electron chi connectivity index (χ1n) is 9.51. The molecular formula is C21H20FN5O3. The summed E-state index contributed by atoms with van der Waals surface area (Å²) in [6, 6.07) is 15.0. The summed E-state index contributed by atoms with van der Waals surface area (Å²) in [5.74, 6) is -0.997. The topological polar surface area (TPSA) is 80.4 Å². The molecule has 1 aromatic heterocycles. The second kappa shape index (κ2) is 7.94. The van der Waals surface area contributed by atoms with Gasteiger partial charge in [-0.2, -0.15) is 9.78 Å². The van der Waals surface area contributed by atoms with E-state index in [9.17, 15) is 18.8 Å². The van der Waals surface area contributed by atoms with Crippen LogP contribution in [0.5, 0.6) is 0 Å². The molecule has 1 aliphatic heterocycles. The Hall–Kier alpha value is -3.75. The zero-order chi connectivity index (χ0) is 21.3. The molecule has 3 aromatic rings. The van der Waals surface area contributed by atoms with Crippen LogP contribution in [0.4, 0.5) is 10.1 Å². The molecular weight excluding hydrogens is 389 g/mol. The molecule has 0 N–H and O–H groups in total. The Morgan fingerprint density at radius 1 is 0.900 bits per heavy atom. The van der Waals surface area contributed by atoms with Crippen LogP contribution in [-0.4, -0.2) is 51.3 Å². The first-order chi connectivity index (χ1) is 14.5. The smallest absolute Gasteiger partial charge is 0.351 e. The zero-order valence-corrected chi connectivity index (χ0v) is 16.4. The van der Waals surface area contributed by atoms with Gasteiger partial charge in [0.05, 0.1) is 5.69 Å². The molecule has 0 atom stereocenters. The standard InChI is InChI=1S/C21H20FN5O3/c1-24-19(28)18(23-27(21(24)30)17-9-7-15(22)8-10-17)20(29)26-13-11-25(12-14-26)16-5-3-2-4-6-16/h2-10H,11-14H2,1H3. The number of nitrogens with zero attached hydrogens (tertiary/aromatic N) is 5. The van der Waals surface area contributed by atoms with Gasteiger partial charge in [0.15, 0.2) is 0 Å². The van der Waals surface area contributed by atoms with Crippen molar-refractivity contribution in [3.05, 3.63) is 86.9 Å². The van der Waals surface area contributed by atoms with Gasteiger partial charge in [-0.3, -0.25) is 14.2 Å². The molecule has 1 fully saturated rings. The van der Waals surface area contributed by atoms with Crippen molar-refractivity contribution in [2.24, 2.45) is 7.05 Å². The van der Waals surface area contributed by atoms with Gasteiger partial charge in [0.2, 0.25) is 5.69 Å². The average Bonchev–Trinajstić information content (AvgIpc) is 2.79. The van der Waals surface area contributed by atoms with E-state index >= 15 is 0 Å². The van der Waals surface area contributed by atoms with Gasteiger partial charge in [-0.25, -0.2) is 9.18 Å². The minimum atomic E-state index is -0.756. The molecule has 0 bridgehead atoms. The first kappa shape index (κ1) is 19.6. The van der Waals surface area contributed by atoms with E-state index in [0.29, 0.717) is 26.2 Å². The van der Waals surface area contributed by atoms with Crippen LogP contribution in [-0.2, 0) is 7.05 Å². The monoisotopic (exact) mass is 409 g/mol. The Labute approximate surface area is 171 Å². The molecule has 0 radical (unpaired) electrons. The van der Waals surface area contributed by atoms with Crippen LogP contribution in [0.2, 0.25) is 0 Å². The number of aromatic nitrogens is 3. The van der Waals surface area contributed by atoms with E-state index in [1.54, 1.807) is 4.90 Å². The predicted octanol–water partition coefficient (Wildman–Crippen LogP) is 1.03. The van der Waals surface area contributed by atoms with Crippen molar-refractivity contribution in [2.45, 2.75) is 0 Å². The van der Waals surface area contributed by atoms with E-state index in [1.165, 1.54) is 31.3 Å². The lowest BCUT2D eigenvalue weighted by atomic mass is 10.2. The van der Waals surface area contributed by atoms with Crippen LogP contribution < -0.4 is 16.1 Å². The van der Waals surface area contributed by atoms with Crippen molar-refractivity contribution < 1.29 is 9.18 Å². The molecule has 0 spiro atoms. The Morgan fingerprint density at radius 2 is 1.53 bits per heavy atom. The van der Waals surface area contributed by atoms with Gasteiger partial charge < -0.3 is 9.80 Å². The SMILES string of the molecule is Cn1c(=O)c(C(=O)N2CCN(c3ccccc3)CC2)nn(-c2ccc(F)cc2)c1=O. The molecule has 0 saturated carbocycles. The minimum absolute atomic E-state index is 0.264. The van der Waals surface area contributed by atoms with Crippen LogP contribution in [0.15, 0.2) is 64.2 Å². The number of carbonyl (C=O) groups excluding carboxylic acids is 1. The maximum absolute atomic E-state index is 13.2. The molecule has 154 valence electrons. The number of hydrogen-bond acceptors (Lipinski definition) is 5. The Kier molecular flexibility index (Phi) is 5.18. The van der Waals surface area contributed by atoms with Crippen molar-refractivity contribution in [3.8, 4) is 5.69 Å². The maximum Gasteiger partial charge on any atom is 0.351 e. The largest absolute Gasteiger partial charge is 0.368 e. The van der Waals surface area contributed by atoms with Crippen LogP contribution in [0.25, 0.3) is 5.69 Å². The molecule has 1 aliphatic rings. The fraction of sp³-hybridized carbons (Fsp3) is 0.238. The molecule has 9 heteroatoms. The van der Waals surface area contributed by atoms with Gasteiger partial charge in [0.25, 0.3) is 11.5 Å². The highest BCUT2D eigenvalue weighted by molar-refractivity contribution is 5.92. The molecule has 1 amide bonds. The second-order valence-corrected chi connectivity index (χ2v) is 7.00. The van der Waals surface area contributed by atoms with E-state index in [2.05, 4.69) is 10.00 Å². The molecule has 30 heavy (non-hydrogen) atoms. The Bertz CT molecular complexity index is 1180. The summed E-state index contributed by atoms with van der Waals surface area (Å²) in [6.45, 7) is 2.09. The summed E-state index contributed by atoms with van der Waals surface area (Å²) in [5, 5.41) is 4.03. The number of anilines is 1. The Balaban J connectivity index is 1.61. The summed E-state index contributed by atoms with van der Waals surface area (Å²) in [6.07, 6.45) is 0. The van der Waals surface area contributed by atoms with E-state index in [-0.39, 0.29) is 11.4 Å². The zero-order valence-electron chi connectivity index (χ0n) is 16.4. The number of piperazine rings is 1. The molecule has 8 nitrogen and oxygen atoms in total. The number of benzene rings is 2. The van der Waals surface area contributed by atoms with Crippen LogP contribution in [0.3, 0.4) is 0 Å². The second-order valence-electron chi connectivity index (χ2n) is 7.00. The number of hydrogen-bond donors (Lipinski definition) is 0. The van der Waals surface area contributed by atoms with Crippen molar-refractivity contribution in [1.29, 1.82) is 0 Å². The van der Waals surface area contributed by atoms with Gasteiger partial charge in [0, 0.05) is 38.9 Å². The van der Waals surface area contributed by atoms with E-state index in [0.717, 1.165) is 14.9 Å². The number of rotatable bonds is 3. The molecule has 2 aromatic carbocycles. The van der Waals surface area contributed by atoms with Crippen LogP contribution in [0, 0.1) is 5.82 Å². The normalized spacial score (nSPS) is 14.1. The summed E-state index contributed by atoms with van der Waals surface area (Å²) >= 11 is 0. The lowest BCUT2D eigenvalue weighted by molar-refractivity contribution is 0.0735. The third kappa shape index (κ3) is 3.61. The lowest BCUT2D eigenvalue weighted by Crippen LogP contribution is -2.51. The number of halogens is 1. The third-order valence-electron chi connectivity index (χ3n) is 5.14. The highest BCUT2D eigenvalue weighted by Gasteiger charge is 2.27. The summed E-state index contributed by atoms with van der Waals surface area (Å²) in [5.41, 5.74) is -0.469. The van der Waals surface area contributed by atoms with Crippen molar-refractivity contribution in [1.82, 2.24) is 19.2 Å². The Morgan fingerprint density at radius 3 is 2.17 bits per heavy atom. The van der Waals surface area contributed by atoms with E-state index < -0.39 is 23.0 Å². The van der Waals surface area contributed by atoms with E-state index in [1.807, 2.05) is 30.3 Å². The number of amides is 1. The fourth-order valence-corrected chi connectivity index (χ4v) is 3.41. The van der Waals surface area contributed by atoms with Crippen LogP contribution >= 0.6 is 0 Å². The highest BCUT2D eigenvalue weighted by atomic mass is 19.1. The molecule has 1 saturated heterocycles. The molecule has 2 heterocycles. The van der Waals surface area contributed by atoms with Crippen molar-refractivity contribution >= 4 is 11.6 Å². The van der Waals surface area contributed by atoms with Gasteiger partial charge in [0.1, 0.15) is 5.82 Å². The number of para-hydroxylation sites is 1. The molecule has 4 rings (SSSR count). The molecule has 0 unspecified atom stereocenters. The summed E-state index contributed by atoms with van der Waals surface area (Å²) < 4.78 is 15.0. The first-order valence-corrected chi connectivity index (χ1v) is 9.51. The lowest BCUT2D eigenvalue weighted by Gasteiger charge is -2.35. The molecule has 0 aliphatic carbocycles. The predicted molar refractivity (Wildman–Crippen MR) is 110 cm³/mol. The van der Waals surface area contributed by atoms with E-state index in [4.69, 9.17) is 0 Å². The van der Waals surface area contributed by atoms with Gasteiger partial charge in [-0.15, -0.1) is 0 Å². The number of carbonyl (C=O) groups is 1. The average molecular weight is 409 g/mol. The fourth-order valence-electron chi connectivity index (χ4n) is 3.41. The summed E-state index contributed by atoms with van der Waals surface area (Å²) in [7, 11) is 1.29. The van der Waals surface area contributed by atoms with Crippen molar-refractivity contribution in [2.75, 3.05) is 31.1 Å². The van der Waals surface area contributed by atoms with Gasteiger partial charge in [-0.1, -0.05) is 18.2 Å².